The van der Waals surface area contributed by atoms with Crippen LogP contribution in [-0.2, 0) is 4.74 Å². The Kier molecular flexibility index (Phi) is 6.16. The van der Waals surface area contributed by atoms with Gasteiger partial charge in [0.15, 0.2) is 0 Å². The molecule has 29 heavy (non-hydrogen) atoms. The second-order valence-electron chi connectivity index (χ2n) is 7.42. The van der Waals surface area contributed by atoms with Crippen molar-refractivity contribution in [3.63, 3.8) is 0 Å². The molecule has 6 nitrogen and oxygen atoms in total. The Bertz CT molecular complexity index is 858. The molecule has 1 atom stereocenters. The summed E-state index contributed by atoms with van der Waals surface area (Å²) in [7, 11) is 0. The molecule has 1 amide bonds. The average molecular weight is 419 g/mol. The average Bonchev–Trinajstić information content (AvgIpc) is 3.22. The number of nitrogens with zero attached hydrogens (tertiary/aromatic N) is 3. The van der Waals surface area contributed by atoms with E-state index in [1.54, 1.807) is 17.2 Å². The predicted molar refractivity (Wildman–Crippen MR) is 111 cm³/mol. The molecular formula is C21H24ClFN4O2. The summed E-state index contributed by atoms with van der Waals surface area (Å²) in [5, 5.41) is 3.75. The first-order valence-corrected chi connectivity index (χ1v) is 10.2. The summed E-state index contributed by atoms with van der Waals surface area (Å²) in [5.74, 6) is 0.736. The number of nitrogens with one attached hydrogen (secondary N) is 1. The molecule has 2 aliphatic rings. The summed E-state index contributed by atoms with van der Waals surface area (Å²) in [6.07, 6.45) is 2.61. The van der Waals surface area contributed by atoms with Gasteiger partial charge in [0.05, 0.1) is 23.8 Å². The van der Waals surface area contributed by atoms with E-state index in [1.165, 1.54) is 12.1 Å². The van der Waals surface area contributed by atoms with Gasteiger partial charge in [-0.25, -0.2) is 9.37 Å². The fourth-order valence-corrected chi connectivity index (χ4v) is 3.99. The Hall–Kier alpha value is -2.38. The van der Waals surface area contributed by atoms with Gasteiger partial charge in [-0.1, -0.05) is 11.6 Å². The van der Waals surface area contributed by atoms with Gasteiger partial charge >= 0.3 is 0 Å². The molecule has 0 spiro atoms. The van der Waals surface area contributed by atoms with Gasteiger partial charge in [-0.05, 0) is 42.7 Å². The van der Waals surface area contributed by atoms with Crippen LogP contribution in [-0.4, -0.2) is 61.7 Å². The second kappa shape index (κ2) is 8.97. The van der Waals surface area contributed by atoms with Gasteiger partial charge in [-0.2, -0.15) is 0 Å². The summed E-state index contributed by atoms with van der Waals surface area (Å²) < 4.78 is 18.4. The van der Waals surface area contributed by atoms with E-state index in [0.717, 1.165) is 31.7 Å². The molecule has 0 bridgehead atoms. The number of benzene rings is 1. The smallest absolute Gasteiger partial charge is 0.255 e. The van der Waals surface area contributed by atoms with Gasteiger partial charge < -0.3 is 19.9 Å². The van der Waals surface area contributed by atoms with E-state index in [4.69, 9.17) is 16.3 Å². The molecule has 0 saturated carbocycles. The predicted octanol–water partition coefficient (Wildman–Crippen LogP) is 3.28. The van der Waals surface area contributed by atoms with Crippen LogP contribution < -0.4 is 10.2 Å². The van der Waals surface area contributed by atoms with Crippen molar-refractivity contribution >= 4 is 29.0 Å². The van der Waals surface area contributed by atoms with Crippen LogP contribution in [0.5, 0.6) is 0 Å². The number of morpholine rings is 1. The summed E-state index contributed by atoms with van der Waals surface area (Å²) >= 11 is 6.37. The van der Waals surface area contributed by atoms with Crippen molar-refractivity contribution in [2.24, 2.45) is 5.92 Å². The number of ether oxygens (including phenoxy) is 1. The van der Waals surface area contributed by atoms with Crippen molar-refractivity contribution in [2.75, 3.05) is 56.2 Å². The second-order valence-corrected chi connectivity index (χ2v) is 7.82. The Labute approximate surface area is 174 Å². The largest absolute Gasteiger partial charge is 0.378 e. The molecule has 2 aromatic rings. The summed E-state index contributed by atoms with van der Waals surface area (Å²) in [6.45, 7) is 4.86. The molecule has 2 saturated heterocycles. The van der Waals surface area contributed by atoms with Gasteiger partial charge in [0.1, 0.15) is 11.6 Å². The number of hydrogen-bond acceptors (Lipinski definition) is 5. The highest BCUT2D eigenvalue weighted by atomic mass is 35.5. The zero-order valence-corrected chi connectivity index (χ0v) is 16.9. The lowest BCUT2D eigenvalue weighted by Gasteiger charge is -2.26. The number of halogens is 2. The molecule has 0 aliphatic carbocycles. The van der Waals surface area contributed by atoms with E-state index in [-0.39, 0.29) is 11.7 Å². The minimum Gasteiger partial charge on any atom is -0.378 e. The van der Waals surface area contributed by atoms with Crippen molar-refractivity contribution in [2.45, 2.75) is 6.42 Å². The van der Waals surface area contributed by atoms with Crippen molar-refractivity contribution in [1.82, 2.24) is 9.88 Å². The SMILES string of the molecule is O=C(c1cnc(NCC2CCN(c3ccc(F)cc3)C2)c(Cl)c1)N1CCOCC1. The lowest BCUT2D eigenvalue weighted by atomic mass is 10.1. The Balaban J connectivity index is 1.32. The van der Waals surface area contributed by atoms with Gasteiger partial charge in [0.2, 0.25) is 0 Å². The fraction of sp³-hybridized carbons (Fsp3) is 0.429. The third-order valence-electron chi connectivity index (χ3n) is 5.42. The zero-order chi connectivity index (χ0) is 20.2. The highest BCUT2D eigenvalue weighted by molar-refractivity contribution is 6.33. The normalized spacial score (nSPS) is 19.4. The van der Waals surface area contributed by atoms with E-state index in [2.05, 4.69) is 15.2 Å². The van der Waals surface area contributed by atoms with Gasteiger partial charge in [-0.15, -0.1) is 0 Å². The number of aromatic nitrogens is 1. The lowest BCUT2D eigenvalue weighted by molar-refractivity contribution is 0.0302. The molecular weight excluding hydrogens is 395 g/mol. The van der Waals surface area contributed by atoms with Crippen LogP contribution in [0.4, 0.5) is 15.9 Å². The number of anilines is 2. The molecule has 2 fully saturated rings. The van der Waals surface area contributed by atoms with Crippen molar-refractivity contribution in [3.05, 3.63) is 52.9 Å². The van der Waals surface area contributed by atoms with Gasteiger partial charge in [-0.3, -0.25) is 4.79 Å². The van der Waals surface area contributed by atoms with Crippen molar-refractivity contribution in [1.29, 1.82) is 0 Å². The van der Waals surface area contributed by atoms with Crippen molar-refractivity contribution in [3.8, 4) is 0 Å². The van der Waals surface area contributed by atoms with Crippen LogP contribution in [0.15, 0.2) is 36.5 Å². The fourth-order valence-electron chi connectivity index (χ4n) is 3.76. The molecule has 1 aromatic carbocycles. The molecule has 1 aromatic heterocycles. The number of carbonyl (C=O) groups is 1. The number of rotatable bonds is 5. The Morgan fingerprint density at radius 2 is 2.00 bits per heavy atom. The molecule has 8 heteroatoms. The standard InChI is InChI=1S/C21H24ClFN4O2/c22-19-11-16(21(28)26-7-9-29-10-8-26)13-25-20(19)24-12-15-5-6-27(14-15)18-3-1-17(23)2-4-18/h1-4,11,13,15H,5-10,12,14H2,(H,24,25). The number of amides is 1. The first-order chi connectivity index (χ1) is 14.1. The minimum atomic E-state index is -0.220. The number of hydrogen-bond donors (Lipinski definition) is 1. The van der Waals surface area contributed by atoms with E-state index in [0.29, 0.717) is 48.6 Å². The van der Waals surface area contributed by atoms with E-state index in [1.807, 2.05) is 12.1 Å². The third kappa shape index (κ3) is 4.79. The Morgan fingerprint density at radius 3 is 2.72 bits per heavy atom. The first kappa shape index (κ1) is 19.9. The molecule has 1 N–H and O–H groups in total. The van der Waals surface area contributed by atoms with Crippen LogP contribution in [0.3, 0.4) is 0 Å². The molecule has 1 unspecified atom stereocenters. The van der Waals surface area contributed by atoms with Crippen LogP contribution in [0.1, 0.15) is 16.8 Å². The van der Waals surface area contributed by atoms with Crippen LogP contribution in [0, 0.1) is 11.7 Å². The number of pyridine rings is 1. The maximum absolute atomic E-state index is 13.1. The van der Waals surface area contributed by atoms with E-state index in [9.17, 15) is 9.18 Å². The van der Waals surface area contributed by atoms with Gasteiger partial charge in [0.25, 0.3) is 5.91 Å². The summed E-state index contributed by atoms with van der Waals surface area (Å²) in [6, 6.07) is 8.28. The zero-order valence-electron chi connectivity index (χ0n) is 16.1. The van der Waals surface area contributed by atoms with Crippen LogP contribution in [0.2, 0.25) is 5.02 Å². The van der Waals surface area contributed by atoms with Crippen LogP contribution >= 0.6 is 11.6 Å². The van der Waals surface area contributed by atoms with E-state index >= 15 is 0 Å². The Morgan fingerprint density at radius 1 is 1.24 bits per heavy atom. The third-order valence-corrected chi connectivity index (χ3v) is 5.71. The summed E-state index contributed by atoms with van der Waals surface area (Å²) in [4.78, 5) is 20.9. The monoisotopic (exact) mass is 418 g/mol. The maximum Gasteiger partial charge on any atom is 0.255 e. The molecule has 3 heterocycles. The molecule has 4 rings (SSSR count). The van der Waals surface area contributed by atoms with Gasteiger partial charge in [0, 0.05) is 44.6 Å². The first-order valence-electron chi connectivity index (χ1n) is 9.87. The van der Waals surface area contributed by atoms with Crippen molar-refractivity contribution < 1.29 is 13.9 Å². The molecule has 2 aliphatic heterocycles. The topological polar surface area (TPSA) is 57.7 Å². The lowest BCUT2D eigenvalue weighted by Crippen LogP contribution is -2.40. The highest BCUT2D eigenvalue weighted by Crippen LogP contribution is 2.26. The highest BCUT2D eigenvalue weighted by Gasteiger charge is 2.23. The van der Waals surface area contributed by atoms with E-state index < -0.39 is 0 Å². The number of carbonyl (C=O) groups excluding carboxylic acids is 1. The molecule has 0 radical (unpaired) electrons. The maximum atomic E-state index is 13.1. The van der Waals surface area contributed by atoms with Crippen LogP contribution in [0.25, 0.3) is 0 Å². The summed E-state index contributed by atoms with van der Waals surface area (Å²) in [5.41, 5.74) is 1.53. The minimum absolute atomic E-state index is 0.0695. The quantitative estimate of drug-likeness (QED) is 0.807. The molecule has 154 valence electrons.